The van der Waals surface area contributed by atoms with Crippen LogP contribution in [0.1, 0.15) is 25.7 Å². The highest BCUT2D eigenvalue weighted by molar-refractivity contribution is 5.64. The highest BCUT2D eigenvalue weighted by Gasteiger charge is 2.21. The minimum Gasteiger partial charge on any atom is -0.493 e. The molecule has 1 amide bonds. The van der Waals surface area contributed by atoms with Crippen LogP contribution < -0.4 is 4.74 Å². The van der Waals surface area contributed by atoms with Crippen molar-refractivity contribution in [1.82, 2.24) is 4.90 Å². The fourth-order valence-electron chi connectivity index (χ4n) is 2.70. The molecular formula is C15H19FN2O5. The van der Waals surface area contributed by atoms with Crippen molar-refractivity contribution < 1.29 is 24.0 Å². The van der Waals surface area contributed by atoms with Gasteiger partial charge in [0.05, 0.1) is 11.5 Å². The van der Waals surface area contributed by atoms with Crippen molar-refractivity contribution in [2.75, 3.05) is 19.7 Å². The van der Waals surface area contributed by atoms with Crippen LogP contribution in [0.15, 0.2) is 18.2 Å². The molecule has 0 aromatic heterocycles. The fraction of sp³-hybridized carbons (Fsp3) is 0.533. The number of piperidine rings is 1. The standard InChI is InChI=1S/C15H19FN2O5/c16-13-10-12(3-4-14(13)18(21)22)23-9-1-2-11-5-7-17(8-6-11)15(19)20/h3-4,10-11H,1-2,5-9H2,(H,19,20). The Morgan fingerprint density at radius 2 is 2.13 bits per heavy atom. The normalized spacial score (nSPS) is 15.4. The third-order valence-electron chi connectivity index (χ3n) is 4.03. The zero-order chi connectivity index (χ0) is 16.8. The molecule has 1 aliphatic heterocycles. The number of nitro groups is 1. The quantitative estimate of drug-likeness (QED) is 0.492. The van der Waals surface area contributed by atoms with Gasteiger partial charge in [-0.1, -0.05) is 0 Å². The second kappa shape index (κ2) is 7.75. The topological polar surface area (TPSA) is 92.9 Å². The van der Waals surface area contributed by atoms with Crippen molar-refractivity contribution in [3.05, 3.63) is 34.1 Å². The van der Waals surface area contributed by atoms with Crippen molar-refractivity contribution >= 4 is 11.8 Å². The Bertz CT molecular complexity index is 573. The molecule has 1 heterocycles. The lowest BCUT2D eigenvalue weighted by atomic mass is 9.92. The lowest BCUT2D eigenvalue weighted by Crippen LogP contribution is -2.37. The maximum atomic E-state index is 13.4. The average Bonchev–Trinajstić information content (AvgIpc) is 2.51. The molecule has 23 heavy (non-hydrogen) atoms. The fourth-order valence-corrected chi connectivity index (χ4v) is 2.70. The highest BCUT2D eigenvalue weighted by atomic mass is 19.1. The van der Waals surface area contributed by atoms with Gasteiger partial charge in [0.2, 0.25) is 5.82 Å². The van der Waals surface area contributed by atoms with Gasteiger partial charge in [-0.05, 0) is 37.7 Å². The van der Waals surface area contributed by atoms with E-state index in [9.17, 15) is 19.3 Å². The van der Waals surface area contributed by atoms with Crippen molar-refractivity contribution in [2.24, 2.45) is 5.92 Å². The summed E-state index contributed by atoms with van der Waals surface area (Å²) >= 11 is 0. The van der Waals surface area contributed by atoms with E-state index in [1.165, 1.54) is 11.0 Å². The van der Waals surface area contributed by atoms with Crippen LogP contribution in [0.4, 0.5) is 14.9 Å². The first kappa shape index (κ1) is 17.0. The number of likely N-dealkylation sites (tertiary alicyclic amines) is 1. The smallest absolute Gasteiger partial charge is 0.407 e. The van der Waals surface area contributed by atoms with Crippen LogP contribution in [0.3, 0.4) is 0 Å². The summed E-state index contributed by atoms with van der Waals surface area (Å²) in [6.45, 7) is 1.53. The van der Waals surface area contributed by atoms with Gasteiger partial charge in [-0.2, -0.15) is 4.39 Å². The summed E-state index contributed by atoms with van der Waals surface area (Å²) in [7, 11) is 0. The SMILES string of the molecule is O=C(O)N1CCC(CCCOc2ccc([N+](=O)[O-])c(F)c2)CC1. The Morgan fingerprint density at radius 1 is 1.43 bits per heavy atom. The summed E-state index contributed by atoms with van der Waals surface area (Å²) in [5.74, 6) is -0.162. The highest BCUT2D eigenvalue weighted by Crippen LogP contribution is 2.24. The predicted octanol–water partition coefficient (Wildman–Crippen LogP) is 3.28. The van der Waals surface area contributed by atoms with E-state index in [1.807, 2.05) is 0 Å². The maximum Gasteiger partial charge on any atom is 0.407 e. The second-order valence-corrected chi connectivity index (χ2v) is 5.57. The van der Waals surface area contributed by atoms with Gasteiger partial charge in [-0.15, -0.1) is 0 Å². The van der Waals surface area contributed by atoms with Gasteiger partial charge in [-0.3, -0.25) is 10.1 Å². The van der Waals surface area contributed by atoms with E-state index in [1.54, 1.807) is 0 Å². The Hall–Kier alpha value is -2.38. The molecule has 1 N–H and O–H groups in total. The van der Waals surface area contributed by atoms with Crippen LogP contribution in [0.25, 0.3) is 0 Å². The summed E-state index contributed by atoms with van der Waals surface area (Å²) < 4.78 is 18.8. The molecule has 0 bridgehead atoms. The van der Waals surface area contributed by atoms with E-state index in [0.29, 0.717) is 25.6 Å². The van der Waals surface area contributed by atoms with E-state index in [2.05, 4.69) is 0 Å². The zero-order valence-electron chi connectivity index (χ0n) is 12.6. The Balaban J connectivity index is 1.69. The van der Waals surface area contributed by atoms with Crippen molar-refractivity contribution in [3.63, 3.8) is 0 Å². The van der Waals surface area contributed by atoms with Gasteiger partial charge < -0.3 is 14.7 Å². The maximum absolute atomic E-state index is 13.4. The molecule has 1 saturated heterocycles. The largest absolute Gasteiger partial charge is 0.493 e. The van der Waals surface area contributed by atoms with Crippen LogP contribution in [-0.4, -0.2) is 40.7 Å². The number of hydrogen-bond donors (Lipinski definition) is 1. The lowest BCUT2D eigenvalue weighted by molar-refractivity contribution is -0.387. The molecule has 1 aliphatic rings. The molecule has 1 aromatic rings. The van der Waals surface area contributed by atoms with Gasteiger partial charge in [0.15, 0.2) is 0 Å². The number of halogens is 1. The third kappa shape index (κ3) is 4.80. The minimum absolute atomic E-state index is 0.272. The number of carboxylic acid groups (broad SMARTS) is 1. The van der Waals surface area contributed by atoms with Crippen LogP contribution in [0.2, 0.25) is 0 Å². The molecule has 1 aromatic carbocycles. The molecule has 0 aliphatic carbocycles. The van der Waals surface area contributed by atoms with Crippen LogP contribution in [-0.2, 0) is 0 Å². The molecule has 2 rings (SSSR count). The van der Waals surface area contributed by atoms with Gasteiger partial charge in [-0.25, -0.2) is 4.79 Å². The number of rotatable bonds is 6. The van der Waals surface area contributed by atoms with Crippen molar-refractivity contribution in [1.29, 1.82) is 0 Å². The molecule has 0 radical (unpaired) electrons. The molecule has 126 valence electrons. The molecule has 0 unspecified atom stereocenters. The lowest BCUT2D eigenvalue weighted by Gasteiger charge is -2.29. The summed E-state index contributed by atoms with van der Waals surface area (Å²) in [6, 6.07) is 3.49. The molecule has 1 fully saturated rings. The summed E-state index contributed by atoms with van der Waals surface area (Å²) in [4.78, 5) is 22.0. The van der Waals surface area contributed by atoms with E-state index in [0.717, 1.165) is 37.8 Å². The van der Waals surface area contributed by atoms with Gasteiger partial charge in [0.1, 0.15) is 5.75 Å². The van der Waals surface area contributed by atoms with Crippen molar-refractivity contribution in [3.8, 4) is 5.75 Å². The summed E-state index contributed by atoms with van der Waals surface area (Å²) in [5.41, 5.74) is -0.567. The second-order valence-electron chi connectivity index (χ2n) is 5.57. The minimum atomic E-state index is -0.909. The molecular weight excluding hydrogens is 307 g/mol. The first-order chi connectivity index (χ1) is 11.0. The Labute approximate surface area is 132 Å². The van der Waals surface area contributed by atoms with E-state index in [-0.39, 0.29) is 5.75 Å². The van der Waals surface area contributed by atoms with E-state index in [4.69, 9.17) is 9.84 Å². The first-order valence-electron chi connectivity index (χ1n) is 7.52. The van der Waals surface area contributed by atoms with Gasteiger partial charge in [0.25, 0.3) is 0 Å². The molecule has 8 heteroatoms. The predicted molar refractivity (Wildman–Crippen MR) is 80.1 cm³/mol. The number of benzene rings is 1. The van der Waals surface area contributed by atoms with Gasteiger partial charge >= 0.3 is 11.8 Å². The monoisotopic (exact) mass is 326 g/mol. The molecule has 0 atom stereocenters. The number of nitro benzene ring substituents is 1. The summed E-state index contributed by atoms with van der Waals surface area (Å²) in [5, 5.41) is 19.4. The van der Waals surface area contributed by atoms with Crippen molar-refractivity contribution in [2.45, 2.75) is 25.7 Å². The molecule has 7 nitrogen and oxygen atoms in total. The Kier molecular flexibility index (Phi) is 5.72. The summed E-state index contributed by atoms with van der Waals surface area (Å²) in [6.07, 6.45) is 2.52. The number of carbonyl (C=O) groups is 1. The zero-order valence-corrected chi connectivity index (χ0v) is 12.6. The first-order valence-corrected chi connectivity index (χ1v) is 7.52. The molecule has 0 saturated carbocycles. The number of amides is 1. The van der Waals surface area contributed by atoms with Gasteiger partial charge in [0, 0.05) is 25.2 Å². The average molecular weight is 326 g/mol. The third-order valence-corrected chi connectivity index (χ3v) is 4.03. The van der Waals surface area contributed by atoms with Crippen LogP contribution >= 0.6 is 0 Å². The van der Waals surface area contributed by atoms with Crippen LogP contribution in [0.5, 0.6) is 5.75 Å². The number of nitrogens with zero attached hydrogens (tertiary/aromatic N) is 2. The van der Waals surface area contributed by atoms with E-state index < -0.39 is 22.5 Å². The number of ether oxygens (including phenoxy) is 1. The number of hydrogen-bond acceptors (Lipinski definition) is 4. The Morgan fingerprint density at radius 3 is 2.70 bits per heavy atom. The van der Waals surface area contributed by atoms with Crippen LogP contribution in [0, 0.1) is 21.8 Å². The van der Waals surface area contributed by atoms with E-state index >= 15 is 0 Å². The molecule has 0 spiro atoms.